The highest BCUT2D eigenvalue weighted by Crippen LogP contribution is 2.44. The summed E-state index contributed by atoms with van der Waals surface area (Å²) in [5.41, 5.74) is 4.37. The van der Waals surface area contributed by atoms with Gasteiger partial charge in [0.15, 0.2) is 0 Å². The molecule has 2 amide bonds. The first kappa shape index (κ1) is 22.8. The van der Waals surface area contributed by atoms with E-state index in [4.69, 9.17) is 4.74 Å². The van der Waals surface area contributed by atoms with Crippen LogP contribution in [0, 0.1) is 0 Å². The van der Waals surface area contributed by atoms with E-state index < -0.39 is 30.4 Å². The third kappa shape index (κ3) is 4.85. The molecule has 174 valence electrons. The van der Waals surface area contributed by atoms with Gasteiger partial charge in [0.25, 0.3) is 0 Å². The highest BCUT2D eigenvalue weighted by Gasteiger charge is 2.33. The van der Waals surface area contributed by atoms with Crippen molar-refractivity contribution in [3.05, 3.63) is 59.7 Å². The highest BCUT2D eigenvalue weighted by atomic mass is 16.5. The van der Waals surface area contributed by atoms with Gasteiger partial charge in [-0.25, -0.2) is 4.79 Å². The summed E-state index contributed by atoms with van der Waals surface area (Å²) in [6.07, 6.45) is -0.559. The number of carboxylic acid groups (broad SMARTS) is 1. The topological polar surface area (TPSA) is 108 Å². The van der Waals surface area contributed by atoms with Gasteiger partial charge in [0, 0.05) is 24.5 Å². The number of hydrogen-bond donors (Lipinski definition) is 3. The van der Waals surface area contributed by atoms with Gasteiger partial charge < -0.3 is 25.4 Å². The van der Waals surface area contributed by atoms with Gasteiger partial charge in [0.05, 0.1) is 6.42 Å². The van der Waals surface area contributed by atoms with Crippen molar-refractivity contribution in [2.24, 2.45) is 0 Å². The molecule has 8 nitrogen and oxygen atoms in total. The standard InChI is InChI=1S/C25H29N3O5/c1-15-21(11-12-28(15)2)26-24(31)22(13-23(29)30)27-25(32)33-14-20-18-9-5-3-7-16(18)17-8-4-6-10-19(17)20/h3-10,15,20-22H,11-14H2,1-2H3,(H,26,31)(H,27,32)(H,29,30). The van der Waals surface area contributed by atoms with Crippen LogP contribution >= 0.6 is 0 Å². The molecule has 1 heterocycles. The zero-order chi connectivity index (χ0) is 23.5. The van der Waals surface area contributed by atoms with E-state index in [2.05, 4.69) is 15.5 Å². The van der Waals surface area contributed by atoms with Crippen molar-refractivity contribution in [1.29, 1.82) is 0 Å². The van der Waals surface area contributed by atoms with E-state index in [1.807, 2.05) is 62.5 Å². The Morgan fingerprint density at radius 2 is 1.70 bits per heavy atom. The Balaban J connectivity index is 1.40. The zero-order valence-electron chi connectivity index (χ0n) is 18.8. The molecule has 2 aromatic rings. The quantitative estimate of drug-likeness (QED) is 0.597. The lowest BCUT2D eigenvalue weighted by molar-refractivity contribution is -0.140. The maximum atomic E-state index is 12.7. The van der Waals surface area contributed by atoms with Crippen molar-refractivity contribution < 1.29 is 24.2 Å². The first-order valence-corrected chi connectivity index (χ1v) is 11.2. The molecule has 0 radical (unpaired) electrons. The molecular weight excluding hydrogens is 422 g/mol. The number of likely N-dealkylation sites (tertiary alicyclic amines) is 1. The molecule has 3 unspecified atom stereocenters. The van der Waals surface area contributed by atoms with Crippen LogP contribution in [0.4, 0.5) is 4.79 Å². The second kappa shape index (κ2) is 9.62. The third-order valence-electron chi connectivity index (χ3n) is 6.73. The molecule has 1 fully saturated rings. The number of aliphatic carboxylic acids is 1. The van der Waals surface area contributed by atoms with E-state index in [-0.39, 0.29) is 24.6 Å². The molecular formula is C25H29N3O5. The lowest BCUT2D eigenvalue weighted by Gasteiger charge is -2.24. The SMILES string of the molecule is CC1C(NC(=O)C(CC(=O)O)NC(=O)OCC2c3ccccc3-c3ccccc32)CCN1C. The molecule has 0 spiro atoms. The van der Waals surface area contributed by atoms with Gasteiger partial charge in [-0.3, -0.25) is 9.59 Å². The van der Waals surface area contributed by atoms with Crippen molar-refractivity contribution in [1.82, 2.24) is 15.5 Å². The third-order valence-corrected chi connectivity index (χ3v) is 6.73. The molecule has 3 N–H and O–H groups in total. The molecule has 33 heavy (non-hydrogen) atoms. The van der Waals surface area contributed by atoms with E-state index in [0.29, 0.717) is 0 Å². The summed E-state index contributed by atoms with van der Waals surface area (Å²) in [4.78, 5) is 38.7. The minimum absolute atomic E-state index is 0.0890. The van der Waals surface area contributed by atoms with Crippen molar-refractivity contribution >= 4 is 18.0 Å². The molecule has 4 rings (SSSR count). The molecule has 2 aromatic carbocycles. The first-order chi connectivity index (χ1) is 15.8. The van der Waals surface area contributed by atoms with Crippen molar-refractivity contribution in [2.45, 2.75) is 43.8 Å². The Hall–Kier alpha value is -3.39. The van der Waals surface area contributed by atoms with Crippen LogP contribution in [0.15, 0.2) is 48.5 Å². The number of carbonyl (C=O) groups excluding carboxylic acids is 2. The molecule has 0 bridgehead atoms. The molecule has 1 aliphatic carbocycles. The number of alkyl carbamates (subject to hydrolysis) is 1. The number of hydrogen-bond acceptors (Lipinski definition) is 5. The number of nitrogens with zero attached hydrogens (tertiary/aromatic N) is 1. The van der Waals surface area contributed by atoms with Crippen LogP contribution in [0.3, 0.4) is 0 Å². The van der Waals surface area contributed by atoms with Crippen LogP contribution < -0.4 is 10.6 Å². The Bertz CT molecular complexity index is 1010. The number of nitrogens with one attached hydrogen (secondary N) is 2. The summed E-state index contributed by atoms with van der Waals surface area (Å²) >= 11 is 0. The molecule has 0 saturated carbocycles. The second-order valence-corrected chi connectivity index (χ2v) is 8.75. The van der Waals surface area contributed by atoms with Crippen LogP contribution in [0.1, 0.15) is 36.8 Å². The Labute approximate surface area is 192 Å². The number of amides is 2. The number of carbonyl (C=O) groups is 3. The minimum atomic E-state index is -1.21. The largest absolute Gasteiger partial charge is 0.481 e. The number of rotatable bonds is 7. The summed E-state index contributed by atoms with van der Waals surface area (Å²) in [6.45, 7) is 2.93. The van der Waals surface area contributed by atoms with Gasteiger partial charge >= 0.3 is 12.1 Å². The van der Waals surface area contributed by atoms with Gasteiger partial charge in [-0.05, 0) is 42.6 Å². The normalized spacial score (nSPS) is 20.5. The summed E-state index contributed by atoms with van der Waals surface area (Å²) in [6, 6.07) is 14.8. The van der Waals surface area contributed by atoms with E-state index in [1.54, 1.807) is 0 Å². The number of fused-ring (bicyclic) bond motifs is 3. The summed E-state index contributed by atoms with van der Waals surface area (Å²) in [5, 5.41) is 14.6. The molecule has 1 saturated heterocycles. The smallest absolute Gasteiger partial charge is 0.407 e. The maximum Gasteiger partial charge on any atom is 0.407 e. The zero-order valence-corrected chi connectivity index (χ0v) is 18.8. The van der Waals surface area contributed by atoms with Crippen molar-refractivity contribution in [3.63, 3.8) is 0 Å². The molecule has 2 aliphatic rings. The van der Waals surface area contributed by atoms with Crippen LogP contribution in [0.5, 0.6) is 0 Å². The molecule has 0 aromatic heterocycles. The second-order valence-electron chi connectivity index (χ2n) is 8.75. The number of benzene rings is 2. The van der Waals surface area contributed by atoms with Crippen LogP contribution in [-0.2, 0) is 14.3 Å². The van der Waals surface area contributed by atoms with Gasteiger partial charge in [0.2, 0.25) is 5.91 Å². The fourth-order valence-corrected chi connectivity index (χ4v) is 4.74. The number of likely N-dealkylation sites (N-methyl/N-ethyl adjacent to an activating group) is 1. The van der Waals surface area contributed by atoms with Gasteiger partial charge in [-0.15, -0.1) is 0 Å². The minimum Gasteiger partial charge on any atom is -0.481 e. The predicted octanol–water partition coefficient (Wildman–Crippen LogP) is 2.58. The van der Waals surface area contributed by atoms with Gasteiger partial charge in [-0.1, -0.05) is 48.5 Å². The average Bonchev–Trinajstić information content (AvgIpc) is 3.29. The fourth-order valence-electron chi connectivity index (χ4n) is 4.74. The maximum absolute atomic E-state index is 12.7. The number of carboxylic acids is 1. The molecule has 3 atom stereocenters. The summed E-state index contributed by atoms with van der Waals surface area (Å²) in [5.74, 6) is -1.81. The number of ether oxygens (including phenoxy) is 1. The monoisotopic (exact) mass is 451 g/mol. The van der Waals surface area contributed by atoms with E-state index in [0.717, 1.165) is 35.2 Å². The molecule has 1 aliphatic heterocycles. The van der Waals surface area contributed by atoms with E-state index in [9.17, 15) is 19.5 Å². The predicted molar refractivity (Wildman–Crippen MR) is 123 cm³/mol. The van der Waals surface area contributed by atoms with Crippen LogP contribution in [-0.4, -0.2) is 66.3 Å². The van der Waals surface area contributed by atoms with Crippen molar-refractivity contribution in [2.75, 3.05) is 20.2 Å². The fraction of sp³-hybridized carbons (Fsp3) is 0.400. The van der Waals surface area contributed by atoms with Gasteiger partial charge in [-0.2, -0.15) is 0 Å². The first-order valence-electron chi connectivity index (χ1n) is 11.2. The Kier molecular flexibility index (Phi) is 6.65. The summed E-state index contributed by atoms with van der Waals surface area (Å²) < 4.78 is 5.48. The highest BCUT2D eigenvalue weighted by molar-refractivity contribution is 5.89. The van der Waals surface area contributed by atoms with Crippen LogP contribution in [0.2, 0.25) is 0 Å². The van der Waals surface area contributed by atoms with E-state index in [1.165, 1.54) is 0 Å². The van der Waals surface area contributed by atoms with Crippen molar-refractivity contribution in [3.8, 4) is 11.1 Å². The lowest BCUT2D eigenvalue weighted by Crippen LogP contribution is -2.52. The van der Waals surface area contributed by atoms with Gasteiger partial charge in [0.1, 0.15) is 12.6 Å². The van der Waals surface area contributed by atoms with Crippen LogP contribution in [0.25, 0.3) is 11.1 Å². The summed E-state index contributed by atoms with van der Waals surface area (Å²) in [7, 11) is 1.97. The molecule has 8 heteroatoms. The Morgan fingerprint density at radius 1 is 1.09 bits per heavy atom. The average molecular weight is 452 g/mol. The Morgan fingerprint density at radius 3 is 2.24 bits per heavy atom. The lowest BCUT2D eigenvalue weighted by atomic mass is 9.98. The van der Waals surface area contributed by atoms with E-state index >= 15 is 0 Å².